The number of aryl methyl sites for hydroxylation is 1. The smallest absolute Gasteiger partial charge is 0.408 e. The lowest BCUT2D eigenvalue weighted by Gasteiger charge is -2.24. The number of carbonyl (C=O) groups excluding carboxylic acids is 1. The largest absolute Gasteiger partial charge is 0.495 e. The number of hydrogen-bond donors (Lipinski definition) is 1. The van der Waals surface area contributed by atoms with Crippen molar-refractivity contribution in [1.29, 1.82) is 0 Å². The van der Waals surface area contributed by atoms with Crippen LogP contribution in [0.15, 0.2) is 65.7 Å². The predicted octanol–water partition coefficient (Wildman–Crippen LogP) is 4.78. The molecule has 7 nitrogen and oxygen atoms in total. The molecule has 2 aromatic carbocycles. The van der Waals surface area contributed by atoms with Crippen molar-refractivity contribution >= 4 is 17.9 Å². The van der Waals surface area contributed by atoms with E-state index in [1.807, 2.05) is 13.1 Å². The summed E-state index contributed by atoms with van der Waals surface area (Å²) in [6.45, 7) is 2.02. The van der Waals surface area contributed by atoms with Gasteiger partial charge < -0.3 is 14.6 Å². The van der Waals surface area contributed by atoms with Gasteiger partial charge in [-0.25, -0.2) is 14.4 Å². The minimum Gasteiger partial charge on any atom is -0.495 e. The molecule has 0 aliphatic carbocycles. The van der Waals surface area contributed by atoms with Gasteiger partial charge in [0.25, 0.3) is 5.91 Å². The van der Waals surface area contributed by atoms with E-state index < -0.39 is 30.5 Å². The highest BCUT2D eigenvalue weighted by Crippen LogP contribution is 2.29. The summed E-state index contributed by atoms with van der Waals surface area (Å²) >= 11 is 0. The molecule has 2 heterocycles. The molecule has 1 fully saturated rings. The predicted molar refractivity (Wildman–Crippen MR) is 126 cm³/mol. The van der Waals surface area contributed by atoms with E-state index in [9.17, 15) is 22.4 Å². The van der Waals surface area contributed by atoms with Crippen molar-refractivity contribution < 1.29 is 27.1 Å². The van der Waals surface area contributed by atoms with Gasteiger partial charge in [0.2, 0.25) is 5.96 Å². The molecule has 1 aromatic heterocycles. The zero-order valence-corrected chi connectivity index (χ0v) is 19.7. The highest BCUT2D eigenvalue weighted by Gasteiger charge is 2.37. The van der Waals surface area contributed by atoms with E-state index in [1.54, 1.807) is 36.0 Å². The number of aliphatic imine (C=N–C) groups is 1. The quantitative estimate of drug-likeness (QED) is 0.390. The first kappa shape index (κ1) is 25.0. The Labute approximate surface area is 204 Å². The van der Waals surface area contributed by atoms with E-state index in [4.69, 9.17) is 4.74 Å². The summed E-state index contributed by atoms with van der Waals surface area (Å²) in [4.78, 5) is 22.2. The number of imidazole rings is 1. The minimum absolute atomic E-state index is 0.0400. The van der Waals surface area contributed by atoms with Gasteiger partial charge in [-0.3, -0.25) is 9.69 Å². The number of methoxy groups -OCH3 is 1. The van der Waals surface area contributed by atoms with Gasteiger partial charge >= 0.3 is 6.18 Å². The van der Waals surface area contributed by atoms with Gasteiger partial charge in [-0.05, 0) is 55.3 Å². The molecule has 0 unspecified atom stereocenters. The number of hydrogen-bond acceptors (Lipinski definition) is 4. The topological polar surface area (TPSA) is 71.8 Å². The van der Waals surface area contributed by atoms with Crippen LogP contribution in [0.5, 0.6) is 5.75 Å². The molecule has 0 saturated carbocycles. The normalized spacial score (nSPS) is 17.1. The van der Waals surface area contributed by atoms with Crippen LogP contribution in [0.4, 0.5) is 17.6 Å². The number of nitrogens with one attached hydrogen (secondary N) is 1. The molecular weight excluding hydrogens is 478 g/mol. The molecule has 1 aliphatic heterocycles. The number of alkyl halides is 3. The third kappa shape index (κ3) is 5.40. The van der Waals surface area contributed by atoms with Gasteiger partial charge in [0.1, 0.15) is 23.8 Å². The van der Waals surface area contributed by atoms with Crippen molar-refractivity contribution in [2.75, 3.05) is 13.7 Å². The standard InChI is InChI=1S/C25H23F4N5O2/c1-15-12-33(14-31-15)21-9-4-17(11-22(21)36-3)10-20-23(35)34(24(32-20)30-13-25(27,28)29)16(2)18-5-7-19(26)8-6-18/h4-12,14,16H,13H2,1-3H3,(H,30,32)/t16-/m1/s1. The molecule has 188 valence electrons. The van der Waals surface area contributed by atoms with E-state index in [-0.39, 0.29) is 11.7 Å². The van der Waals surface area contributed by atoms with Crippen LogP contribution >= 0.6 is 0 Å². The molecule has 36 heavy (non-hydrogen) atoms. The third-order valence-electron chi connectivity index (χ3n) is 5.58. The molecule has 1 aliphatic rings. The highest BCUT2D eigenvalue weighted by atomic mass is 19.4. The molecule has 1 saturated heterocycles. The first-order valence-corrected chi connectivity index (χ1v) is 10.9. The fourth-order valence-corrected chi connectivity index (χ4v) is 3.80. The van der Waals surface area contributed by atoms with Crippen molar-refractivity contribution in [2.24, 2.45) is 4.99 Å². The van der Waals surface area contributed by atoms with Crippen LogP contribution < -0.4 is 10.1 Å². The summed E-state index contributed by atoms with van der Waals surface area (Å²) in [6, 6.07) is 9.90. The Morgan fingerprint density at radius 2 is 1.92 bits per heavy atom. The molecular formula is C25H23F4N5O2. The Kier molecular flexibility index (Phi) is 6.82. The van der Waals surface area contributed by atoms with Gasteiger partial charge in [-0.2, -0.15) is 13.2 Å². The molecule has 0 bridgehead atoms. The number of carbonyl (C=O) groups is 1. The molecule has 4 rings (SSSR count). The lowest BCUT2D eigenvalue weighted by molar-refractivity contribution is -0.124. The number of nitrogens with zero attached hydrogens (tertiary/aromatic N) is 4. The molecule has 3 aromatic rings. The maximum Gasteiger partial charge on any atom is 0.408 e. The van der Waals surface area contributed by atoms with Crippen molar-refractivity contribution in [1.82, 2.24) is 19.8 Å². The maximum absolute atomic E-state index is 13.4. The zero-order chi connectivity index (χ0) is 26.0. The van der Waals surface area contributed by atoms with Gasteiger partial charge in [-0.15, -0.1) is 0 Å². The number of halogens is 4. The monoisotopic (exact) mass is 501 g/mol. The lowest BCUT2D eigenvalue weighted by Crippen LogP contribution is -2.35. The number of rotatable bonds is 6. The first-order chi connectivity index (χ1) is 17.1. The molecule has 11 heteroatoms. The molecule has 1 atom stereocenters. The minimum atomic E-state index is -4.55. The zero-order valence-electron chi connectivity index (χ0n) is 19.7. The SMILES string of the molecule is COc1cc(C=C2NC(=NCC(F)(F)F)N([C@H](C)c3ccc(F)cc3)C2=O)ccc1-n1cnc(C)c1. The van der Waals surface area contributed by atoms with E-state index in [0.29, 0.717) is 16.9 Å². The first-order valence-electron chi connectivity index (χ1n) is 10.9. The van der Waals surface area contributed by atoms with E-state index in [1.165, 1.54) is 37.5 Å². The fraction of sp³-hybridized carbons (Fsp3) is 0.240. The summed E-state index contributed by atoms with van der Waals surface area (Å²) in [5.41, 5.74) is 2.71. The Bertz CT molecular complexity index is 1330. The van der Waals surface area contributed by atoms with Crippen molar-refractivity contribution in [3.63, 3.8) is 0 Å². The Morgan fingerprint density at radius 3 is 2.53 bits per heavy atom. The summed E-state index contributed by atoms with van der Waals surface area (Å²) < 4.78 is 59.3. The van der Waals surface area contributed by atoms with E-state index in [2.05, 4.69) is 15.3 Å². The summed E-state index contributed by atoms with van der Waals surface area (Å²) in [7, 11) is 1.51. The van der Waals surface area contributed by atoms with Crippen LogP contribution in [0.3, 0.4) is 0 Å². The van der Waals surface area contributed by atoms with E-state index in [0.717, 1.165) is 16.3 Å². The van der Waals surface area contributed by atoms with Gasteiger partial charge in [0.15, 0.2) is 0 Å². The van der Waals surface area contributed by atoms with Crippen molar-refractivity contribution in [3.8, 4) is 11.4 Å². The van der Waals surface area contributed by atoms with Gasteiger partial charge in [-0.1, -0.05) is 18.2 Å². The van der Waals surface area contributed by atoms with Crippen molar-refractivity contribution in [3.05, 3.63) is 83.3 Å². The second kappa shape index (κ2) is 9.84. The van der Waals surface area contributed by atoms with Crippen LogP contribution in [0.1, 0.15) is 29.8 Å². The van der Waals surface area contributed by atoms with Crippen LogP contribution in [-0.4, -0.2) is 46.1 Å². The molecule has 0 radical (unpaired) electrons. The number of aromatic nitrogens is 2. The average Bonchev–Trinajstić information content (AvgIpc) is 3.40. The molecule has 1 amide bonds. The number of guanidine groups is 1. The van der Waals surface area contributed by atoms with Crippen LogP contribution in [-0.2, 0) is 4.79 Å². The summed E-state index contributed by atoms with van der Waals surface area (Å²) in [5, 5.41) is 2.72. The second-order valence-corrected chi connectivity index (χ2v) is 8.19. The maximum atomic E-state index is 13.4. The van der Waals surface area contributed by atoms with Gasteiger partial charge in [0.05, 0.1) is 30.9 Å². The highest BCUT2D eigenvalue weighted by molar-refractivity contribution is 6.15. The van der Waals surface area contributed by atoms with Crippen LogP contribution in [0.2, 0.25) is 0 Å². The van der Waals surface area contributed by atoms with Crippen LogP contribution in [0, 0.1) is 12.7 Å². The van der Waals surface area contributed by atoms with Crippen LogP contribution in [0.25, 0.3) is 11.8 Å². The Hall–Kier alpha value is -4.15. The summed E-state index contributed by atoms with van der Waals surface area (Å²) in [6.07, 6.45) is 0.430. The molecule has 0 spiro atoms. The number of amides is 1. The molecule has 1 N–H and O–H groups in total. The van der Waals surface area contributed by atoms with Crippen molar-refractivity contribution in [2.45, 2.75) is 26.1 Å². The van der Waals surface area contributed by atoms with E-state index >= 15 is 0 Å². The Morgan fingerprint density at radius 1 is 1.19 bits per heavy atom. The summed E-state index contributed by atoms with van der Waals surface area (Å²) in [5.74, 6) is -0.764. The lowest BCUT2D eigenvalue weighted by atomic mass is 10.1. The average molecular weight is 501 g/mol. The van der Waals surface area contributed by atoms with Gasteiger partial charge in [0, 0.05) is 6.20 Å². The fourth-order valence-electron chi connectivity index (χ4n) is 3.80. The number of ether oxygens (including phenoxy) is 1. The number of benzene rings is 2. The second-order valence-electron chi connectivity index (χ2n) is 8.19. The third-order valence-corrected chi connectivity index (χ3v) is 5.58. The Balaban J connectivity index is 1.69.